The second kappa shape index (κ2) is 6.68. The lowest BCUT2D eigenvalue weighted by Crippen LogP contribution is -2.18. The predicted molar refractivity (Wildman–Crippen MR) is 116 cm³/mol. The average Bonchev–Trinajstić information content (AvgIpc) is 2.98. The van der Waals surface area contributed by atoms with Gasteiger partial charge in [-0.05, 0) is 60.2 Å². The van der Waals surface area contributed by atoms with Crippen LogP contribution in [0.4, 0.5) is 0 Å². The van der Waals surface area contributed by atoms with Crippen molar-refractivity contribution < 1.29 is 4.79 Å². The number of fused-ring (bicyclic) bond motifs is 3. The first-order valence-electron chi connectivity index (χ1n) is 9.72. The molecule has 1 saturated carbocycles. The standard InChI is InChI=1S/C24H21ClN2O/c25-18-10-7-16(8-11-18)17-9-12-19-22(13-17)27(14-15-3-1-4-15)21-6-2-5-20(23(19)21)24(26)28/h2,5-13,15H,1,3-4,14H2,(H2,26,28). The van der Waals surface area contributed by atoms with E-state index in [9.17, 15) is 4.79 Å². The third-order valence-corrected chi connectivity index (χ3v) is 6.25. The number of hydrogen-bond donors (Lipinski definition) is 1. The van der Waals surface area contributed by atoms with Crippen LogP contribution in [0.3, 0.4) is 0 Å². The Hall–Kier alpha value is -2.78. The van der Waals surface area contributed by atoms with Gasteiger partial charge < -0.3 is 10.3 Å². The maximum Gasteiger partial charge on any atom is 0.249 e. The molecular weight excluding hydrogens is 368 g/mol. The number of primary amides is 1. The van der Waals surface area contributed by atoms with Crippen LogP contribution in [-0.2, 0) is 6.54 Å². The van der Waals surface area contributed by atoms with Crippen LogP contribution in [0.5, 0.6) is 0 Å². The van der Waals surface area contributed by atoms with Crippen molar-refractivity contribution in [3.05, 3.63) is 71.2 Å². The highest BCUT2D eigenvalue weighted by molar-refractivity contribution is 6.30. The molecule has 1 aromatic heterocycles. The molecule has 5 rings (SSSR count). The van der Waals surface area contributed by atoms with Gasteiger partial charge in [-0.3, -0.25) is 4.79 Å². The molecule has 0 saturated heterocycles. The molecule has 0 bridgehead atoms. The van der Waals surface area contributed by atoms with Crippen molar-refractivity contribution >= 4 is 39.3 Å². The molecule has 0 radical (unpaired) electrons. The van der Waals surface area contributed by atoms with Gasteiger partial charge in [-0.15, -0.1) is 0 Å². The van der Waals surface area contributed by atoms with E-state index >= 15 is 0 Å². The van der Waals surface area contributed by atoms with E-state index in [1.807, 2.05) is 36.4 Å². The van der Waals surface area contributed by atoms with Gasteiger partial charge in [0, 0.05) is 38.9 Å². The minimum Gasteiger partial charge on any atom is -0.366 e. The quantitative estimate of drug-likeness (QED) is 0.457. The first-order valence-corrected chi connectivity index (χ1v) is 10.1. The molecule has 1 heterocycles. The second-order valence-electron chi connectivity index (χ2n) is 7.71. The summed E-state index contributed by atoms with van der Waals surface area (Å²) in [6.45, 7) is 0.978. The number of amides is 1. The summed E-state index contributed by atoms with van der Waals surface area (Å²) in [5, 5.41) is 2.78. The summed E-state index contributed by atoms with van der Waals surface area (Å²) >= 11 is 6.05. The lowest BCUT2D eigenvalue weighted by atomic mass is 9.85. The minimum absolute atomic E-state index is 0.380. The number of hydrogen-bond acceptors (Lipinski definition) is 1. The Morgan fingerprint density at radius 1 is 1.00 bits per heavy atom. The highest BCUT2D eigenvalue weighted by Gasteiger charge is 2.22. The topological polar surface area (TPSA) is 48.0 Å². The Bertz CT molecular complexity index is 1200. The average molecular weight is 389 g/mol. The van der Waals surface area contributed by atoms with E-state index in [0.717, 1.165) is 44.5 Å². The van der Waals surface area contributed by atoms with Crippen LogP contribution in [0.15, 0.2) is 60.7 Å². The Morgan fingerprint density at radius 2 is 1.75 bits per heavy atom. The molecule has 140 valence electrons. The van der Waals surface area contributed by atoms with Gasteiger partial charge in [0.2, 0.25) is 5.91 Å². The summed E-state index contributed by atoms with van der Waals surface area (Å²) in [7, 11) is 0. The fraction of sp³-hybridized carbons (Fsp3) is 0.208. The lowest BCUT2D eigenvalue weighted by Gasteiger charge is -2.26. The molecule has 3 nitrogen and oxygen atoms in total. The van der Waals surface area contributed by atoms with Crippen LogP contribution in [0.1, 0.15) is 29.6 Å². The van der Waals surface area contributed by atoms with Gasteiger partial charge >= 0.3 is 0 Å². The Labute approximate surface area is 168 Å². The zero-order chi connectivity index (χ0) is 19.3. The Morgan fingerprint density at radius 3 is 2.43 bits per heavy atom. The molecule has 2 N–H and O–H groups in total. The molecule has 0 aliphatic heterocycles. The first-order chi connectivity index (χ1) is 13.6. The van der Waals surface area contributed by atoms with Gasteiger partial charge in [-0.25, -0.2) is 0 Å². The van der Waals surface area contributed by atoms with E-state index in [2.05, 4.69) is 28.8 Å². The smallest absolute Gasteiger partial charge is 0.249 e. The van der Waals surface area contributed by atoms with Crippen molar-refractivity contribution in [2.45, 2.75) is 25.8 Å². The molecule has 0 unspecified atom stereocenters. The monoisotopic (exact) mass is 388 g/mol. The molecule has 1 aliphatic carbocycles. The third kappa shape index (κ3) is 2.78. The number of nitrogens with zero attached hydrogens (tertiary/aromatic N) is 1. The summed E-state index contributed by atoms with van der Waals surface area (Å²) in [4.78, 5) is 12.1. The molecule has 1 amide bonds. The highest BCUT2D eigenvalue weighted by atomic mass is 35.5. The van der Waals surface area contributed by atoms with Crippen molar-refractivity contribution in [1.29, 1.82) is 0 Å². The largest absolute Gasteiger partial charge is 0.366 e. The third-order valence-electron chi connectivity index (χ3n) is 6.00. The minimum atomic E-state index is -0.380. The summed E-state index contributed by atoms with van der Waals surface area (Å²) < 4.78 is 2.38. The summed E-state index contributed by atoms with van der Waals surface area (Å²) in [5.41, 5.74) is 10.8. The van der Waals surface area contributed by atoms with Crippen LogP contribution >= 0.6 is 11.6 Å². The fourth-order valence-electron chi connectivity index (χ4n) is 4.30. The molecule has 3 aromatic carbocycles. The second-order valence-corrected chi connectivity index (χ2v) is 8.15. The zero-order valence-electron chi connectivity index (χ0n) is 15.5. The van der Waals surface area contributed by atoms with Gasteiger partial charge in [0.25, 0.3) is 0 Å². The summed E-state index contributed by atoms with van der Waals surface area (Å²) in [6, 6.07) is 20.2. The van der Waals surface area contributed by atoms with Gasteiger partial charge in [-0.2, -0.15) is 0 Å². The van der Waals surface area contributed by atoms with Gasteiger partial charge in [0.05, 0.1) is 0 Å². The highest BCUT2D eigenvalue weighted by Crippen LogP contribution is 2.37. The Balaban J connectivity index is 1.78. The van der Waals surface area contributed by atoms with E-state index in [4.69, 9.17) is 17.3 Å². The zero-order valence-corrected chi connectivity index (χ0v) is 16.2. The van der Waals surface area contributed by atoms with E-state index < -0.39 is 0 Å². The first kappa shape index (κ1) is 17.3. The number of halogens is 1. The maximum absolute atomic E-state index is 12.1. The van der Waals surface area contributed by atoms with Gasteiger partial charge in [0.15, 0.2) is 0 Å². The normalized spacial score (nSPS) is 14.5. The van der Waals surface area contributed by atoms with E-state index in [0.29, 0.717) is 11.5 Å². The predicted octanol–water partition coefficient (Wildman–Crippen LogP) is 6.01. The molecule has 4 aromatic rings. The molecule has 0 spiro atoms. The molecule has 1 fully saturated rings. The summed E-state index contributed by atoms with van der Waals surface area (Å²) in [6.07, 6.45) is 3.85. The van der Waals surface area contributed by atoms with Crippen molar-refractivity contribution in [3.63, 3.8) is 0 Å². The number of carbonyl (C=O) groups excluding carboxylic acids is 1. The van der Waals surface area contributed by atoms with Crippen LogP contribution in [0.25, 0.3) is 32.9 Å². The van der Waals surface area contributed by atoms with E-state index in [1.165, 1.54) is 19.3 Å². The molecular formula is C24H21ClN2O. The lowest BCUT2D eigenvalue weighted by molar-refractivity contribution is 0.100. The number of carbonyl (C=O) groups is 1. The van der Waals surface area contributed by atoms with E-state index in [-0.39, 0.29) is 5.91 Å². The SMILES string of the molecule is NC(=O)c1cccc2c1c1ccc(-c3ccc(Cl)cc3)cc1n2CC1CCC1. The molecule has 0 atom stereocenters. The number of aromatic nitrogens is 1. The molecule has 1 aliphatic rings. The van der Waals surface area contributed by atoms with Crippen molar-refractivity contribution in [2.24, 2.45) is 11.7 Å². The van der Waals surface area contributed by atoms with Crippen LogP contribution in [0.2, 0.25) is 5.02 Å². The van der Waals surface area contributed by atoms with Crippen molar-refractivity contribution in [2.75, 3.05) is 0 Å². The van der Waals surface area contributed by atoms with Crippen LogP contribution in [0, 0.1) is 5.92 Å². The van der Waals surface area contributed by atoms with Crippen molar-refractivity contribution in [3.8, 4) is 11.1 Å². The maximum atomic E-state index is 12.1. The van der Waals surface area contributed by atoms with Gasteiger partial charge in [-0.1, -0.05) is 48.4 Å². The number of rotatable bonds is 4. The van der Waals surface area contributed by atoms with Gasteiger partial charge in [0.1, 0.15) is 0 Å². The van der Waals surface area contributed by atoms with Crippen LogP contribution in [-0.4, -0.2) is 10.5 Å². The molecule has 28 heavy (non-hydrogen) atoms. The Kier molecular flexibility index (Phi) is 4.13. The summed E-state index contributed by atoms with van der Waals surface area (Å²) in [5.74, 6) is 0.324. The fourth-order valence-corrected chi connectivity index (χ4v) is 4.43. The number of benzene rings is 3. The van der Waals surface area contributed by atoms with Crippen LogP contribution < -0.4 is 5.73 Å². The van der Waals surface area contributed by atoms with Crippen molar-refractivity contribution in [1.82, 2.24) is 4.57 Å². The number of nitrogens with two attached hydrogens (primary N) is 1. The molecule has 4 heteroatoms. The van der Waals surface area contributed by atoms with E-state index in [1.54, 1.807) is 0 Å².